The van der Waals surface area contributed by atoms with Gasteiger partial charge in [0.15, 0.2) is 5.75 Å². The molecule has 0 spiro atoms. The maximum atomic E-state index is 10.3. The zero-order valence-corrected chi connectivity index (χ0v) is 12.0. The predicted molar refractivity (Wildman–Crippen MR) is 81.1 cm³/mol. The SMILES string of the molecule is CN(C)Cc1ccc2c(n1)c(O)c(Cl)c1cccnc12. The second-order valence-corrected chi connectivity index (χ2v) is 5.38. The fourth-order valence-electron chi connectivity index (χ4n) is 2.31. The van der Waals surface area contributed by atoms with Crippen LogP contribution in [0.25, 0.3) is 21.8 Å². The first-order chi connectivity index (χ1) is 9.58. The van der Waals surface area contributed by atoms with Gasteiger partial charge in [-0.25, -0.2) is 4.98 Å². The number of phenols is 1. The summed E-state index contributed by atoms with van der Waals surface area (Å²) in [5.41, 5.74) is 2.14. The van der Waals surface area contributed by atoms with Gasteiger partial charge in [0.1, 0.15) is 5.52 Å². The predicted octanol–water partition coefficient (Wildman–Crippen LogP) is 3.20. The number of phenolic OH excluding ortho intramolecular Hbond substituents is 1. The van der Waals surface area contributed by atoms with Gasteiger partial charge in [0.25, 0.3) is 0 Å². The number of hydrogen-bond acceptors (Lipinski definition) is 4. The van der Waals surface area contributed by atoms with Crippen LogP contribution in [0, 0.1) is 0 Å². The Kier molecular flexibility index (Phi) is 3.20. The molecule has 0 amide bonds. The van der Waals surface area contributed by atoms with E-state index in [2.05, 4.69) is 9.97 Å². The Hall–Kier alpha value is -1.91. The van der Waals surface area contributed by atoms with Crippen molar-refractivity contribution in [1.82, 2.24) is 14.9 Å². The highest BCUT2D eigenvalue weighted by Gasteiger charge is 2.14. The molecule has 0 fully saturated rings. The summed E-state index contributed by atoms with van der Waals surface area (Å²) in [5.74, 6) is 0.0165. The smallest absolute Gasteiger partial charge is 0.161 e. The molecule has 0 saturated heterocycles. The Labute approximate surface area is 121 Å². The summed E-state index contributed by atoms with van der Waals surface area (Å²) >= 11 is 6.22. The van der Waals surface area contributed by atoms with Crippen LogP contribution in [-0.2, 0) is 6.54 Å². The lowest BCUT2D eigenvalue weighted by Crippen LogP contribution is -2.11. The average molecular weight is 288 g/mol. The third-order valence-corrected chi connectivity index (χ3v) is 3.55. The van der Waals surface area contributed by atoms with E-state index in [9.17, 15) is 5.11 Å². The van der Waals surface area contributed by atoms with E-state index >= 15 is 0 Å². The van der Waals surface area contributed by atoms with Crippen molar-refractivity contribution in [3.63, 3.8) is 0 Å². The Morgan fingerprint density at radius 3 is 2.70 bits per heavy atom. The first-order valence-corrected chi connectivity index (χ1v) is 6.65. The number of pyridine rings is 2. The molecular formula is C15H14ClN3O. The van der Waals surface area contributed by atoms with Crippen LogP contribution in [0.5, 0.6) is 5.75 Å². The Balaban J connectivity index is 2.36. The van der Waals surface area contributed by atoms with Gasteiger partial charge in [0.05, 0.1) is 16.2 Å². The largest absolute Gasteiger partial charge is 0.504 e. The zero-order chi connectivity index (χ0) is 14.3. The number of rotatable bonds is 2. The highest BCUT2D eigenvalue weighted by molar-refractivity contribution is 6.39. The van der Waals surface area contributed by atoms with Crippen LogP contribution in [-0.4, -0.2) is 34.1 Å². The molecule has 2 aromatic heterocycles. The Morgan fingerprint density at radius 2 is 1.95 bits per heavy atom. The van der Waals surface area contributed by atoms with Crippen molar-refractivity contribution >= 4 is 33.4 Å². The first-order valence-electron chi connectivity index (χ1n) is 6.27. The fraction of sp³-hybridized carbons (Fsp3) is 0.200. The molecule has 0 aliphatic heterocycles. The Morgan fingerprint density at radius 1 is 1.15 bits per heavy atom. The number of aromatic nitrogens is 2. The Bertz CT molecular complexity index is 802. The fourth-order valence-corrected chi connectivity index (χ4v) is 2.55. The van der Waals surface area contributed by atoms with Crippen molar-refractivity contribution in [3.8, 4) is 5.75 Å². The normalized spacial score (nSPS) is 11.6. The molecule has 1 N–H and O–H groups in total. The maximum absolute atomic E-state index is 10.3. The topological polar surface area (TPSA) is 49.2 Å². The van der Waals surface area contributed by atoms with Crippen molar-refractivity contribution in [2.45, 2.75) is 6.54 Å². The highest BCUT2D eigenvalue weighted by atomic mass is 35.5. The molecule has 0 radical (unpaired) electrons. The minimum Gasteiger partial charge on any atom is -0.504 e. The van der Waals surface area contributed by atoms with Crippen LogP contribution in [0.2, 0.25) is 5.02 Å². The van der Waals surface area contributed by atoms with Crippen LogP contribution in [0.15, 0.2) is 30.5 Å². The molecule has 0 aliphatic rings. The second kappa shape index (κ2) is 4.89. The van der Waals surface area contributed by atoms with Gasteiger partial charge in [-0.15, -0.1) is 0 Å². The standard InChI is InChI=1S/C15H14ClN3O/c1-19(2)8-9-5-6-11-13-10(4-3-7-17-13)12(16)15(20)14(11)18-9/h3-7,20H,8H2,1-2H3. The number of benzene rings is 1. The average Bonchev–Trinajstić information content (AvgIpc) is 2.44. The van der Waals surface area contributed by atoms with Gasteiger partial charge < -0.3 is 10.0 Å². The van der Waals surface area contributed by atoms with E-state index in [4.69, 9.17) is 11.6 Å². The molecule has 0 saturated carbocycles. The number of nitrogens with zero attached hydrogens (tertiary/aromatic N) is 3. The monoisotopic (exact) mass is 287 g/mol. The molecule has 0 bridgehead atoms. The minimum absolute atomic E-state index is 0.0165. The van der Waals surface area contributed by atoms with Crippen LogP contribution in [0.4, 0.5) is 0 Å². The van der Waals surface area contributed by atoms with Gasteiger partial charge in [-0.05, 0) is 38.4 Å². The van der Waals surface area contributed by atoms with E-state index in [0.29, 0.717) is 17.1 Å². The molecule has 4 nitrogen and oxygen atoms in total. The van der Waals surface area contributed by atoms with Gasteiger partial charge >= 0.3 is 0 Å². The second-order valence-electron chi connectivity index (χ2n) is 5.00. The van der Waals surface area contributed by atoms with E-state index in [0.717, 1.165) is 22.0 Å². The van der Waals surface area contributed by atoms with Crippen molar-refractivity contribution in [1.29, 1.82) is 0 Å². The molecule has 20 heavy (non-hydrogen) atoms. The molecule has 0 atom stereocenters. The van der Waals surface area contributed by atoms with Crippen molar-refractivity contribution in [2.75, 3.05) is 14.1 Å². The van der Waals surface area contributed by atoms with Crippen LogP contribution < -0.4 is 0 Å². The molecule has 5 heteroatoms. The van der Waals surface area contributed by atoms with E-state index in [-0.39, 0.29) is 5.75 Å². The first kappa shape index (κ1) is 13.1. The molecule has 1 aromatic carbocycles. The van der Waals surface area contributed by atoms with Gasteiger partial charge in [-0.2, -0.15) is 0 Å². The molecule has 0 aliphatic carbocycles. The third kappa shape index (κ3) is 2.07. The quantitative estimate of drug-likeness (QED) is 0.735. The summed E-state index contributed by atoms with van der Waals surface area (Å²) in [6.45, 7) is 0.702. The molecule has 3 rings (SSSR count). The van der Waals surface area contributed by atoms with Crippen molar-refractivity contribution < 1.29 is 5.11 Å². The van der Waals surface area contributed by atoms with Gasteiger partial charge in [0.2, 0.25) is 0 Å². The van der Waals surface area contributed by atoms with Crippen LogP contribution in [0.1, 0.15) is 5.69 Å². The summed E-state index contributed by atoms with van der Waals surface area (Å²) in [6, 6.07) is 7.53. The van der Waals surface area contributed by atoms with E-state index in [1.54, 1.807) is 12.3 Å². The lowest BCUT2D eigenvalue weighted by molar-refractivity contribution is 0.397. The lowest BCUT2D eigenvalue weighted by Gasteiger charge is -2.12. The van der Waals surface area contributed by atoms with E-state index in [1.807, 2.05) is 37.2 Å². The molecule has 2 heterocycles. The van der Waals surface area contributed by atoms with Crippen LogP contribution >= 0.6 is 11.6 Å². The summed E-state index contributed by atoms with van der Waals surface area (Å²) in [5, 5.41) is 12.1. The van der Waals surface area contributed by atoms with Gasteiger partial charge in [-0.3, -0.25) is 4.98 Å². The summed E-state index contributed by atoms with van der Waals surface area (Å²) < 4.78 is 0. The summed E-state index contributed by atoms with van der Waals surface area (Å²) in [4.78, 5) is 10.9. The molecule has 102 valence electrons. The van der Waals surface area contributed by atoms with E-state index in [1.165, 1.54) is 0 Å². The summed E-state index contributed by atoms with van der Waals surface area (Å²) in [7, 11) is 3.95. The highest BCUT2D eigenvalue weighted by Crippen LogP contribution is 2.38. The minimum atomic E-state index is 0.0165. The maximum Gasteiger partial charge on any atom is 0.161 e. The molecule has 3 aromatic rings. The van der Waals surface area contributed by atoms with E-state index < -0.39 is 0 Å². The lowest BCUT2D eigenvalue weighted by atomic mass is 10.1. The number of fused-ring (bicyclic) bond motifs is 3. The van der Waals surface area contributed by atoms with Crippen molar-refractivity contribution in [2.24, 2.45) is 0 Å². The number of aromatic hydroxyl groups is 1. The van der Waals surface area contributed by atoms with Gasteiger partial charge in [0, 0.05) is 23.5 Å². The zero-order valence-electron chi connectivity index (χ0n) is 11.3. The molecular weight excluding hydrogens is 274 g/mol. The van der Waals surface area contributed by atoms with Crippen molar-refractivity contribution in [3.05, 3.63) is 41.2 Å². The number of hydrogen-bond donors (Lipinski definition) is 1. The number of halogens is 1. The van der Waals surface area contributed by atoms with Crippen LogP contribution in [0.3, 0.4) is 0 Å². The molecule has 0 unspecified atom stereocenters. The third-order valence-electron chi connectivity index (χ3n) is 3.16. The van der Waals surface area contributed by atoms with Gasteiger partial charge in [-0.1, -0.05) is 11.6 Å². The summed E-state index contributed by atoms with van der Waals surface area (Å²) in [6.07, 6.45) is 1.71.